The summed E-state index contributed by atoms with van der Waals surface area (Å²) in [4.78, 5) is 8.16. The smallest absolute Gasteiger partial charge is 0.236 e. The van der Waals surface area contributed by atoms with Crippen LogP contribution in [0.3, 0.4) is 0 Å². The molecule has 0 aliphatic heterocycles. The normalized spacial score (nSPS) is 19.8. The first-order valence-corrected chi connectivity index (χ1v) is 13.0. The van der Waals surface area contributed by atoms with Crippen LogP contribution >= 0.6 is 22.9 Å². The molecule has 4 rings (SSSR count). The second-order valence-corrected chi connectivity index (χ2v) is 12.4. The Labute approximate surface area is 196 Å². The van der Waals surface area contributed by atoms with Gasteiger partial charge in [0.1, 0.15) is 28.8 Å². The first kappa shape index (κ1) is 23.2. The number of aromatic nitrogens is 3. The molecule has 2 aromatic heterocycles. The van der Waals surface area contributed by atoms with Crippen molar-refractivity contribution in [2.45, 2.75) is 73.3 Å². The third-order valence-corrected chi connectivity index (χ3v) is 9.30. The largest absolute Gasteiger partial charge is 0.487 e. The highest BCUT2D eigenvalue weighted by Gasteiger charge is 2.32. The lowest BCUT2D eigenvalue weighted by Gasteiger charge is -2.33. The monoisotopic (exact) mass is 496 g/mol. The van der Waals surface area contributed by atoms with Crippen LogP contribution in [0.5, 0.6) is 5.75 Å². The molecule has 0 saturated heterocycles. The molecule has 1 saturated carbocycles. The summed E-state index contributed by atoms with van der Waals surface area (Å²) in [7, 11) is -4.18. The number of benzene rings is 1. The maximum Gasteiger partial charge on any atom is 0.236 e. The van der Waals surface area contributed by atoms with Gasteiger partial charge in [0.25, 0.3) is 0 Å². The minimum atomic E-state index is -4.18. The molecular formula is C22H24ClFN3O3S2. The molecule has 2 heterocycles. The van der Waals surface area contributed by atoms with E-state index in [0.717, 1.165) is 49.2 Å². The summed E-state index contributed by atoms with van der Waals surface area (Å²) in [6.45, 7) is 5.79. The van der Waals surface area contributed by atoms with Gasteiger partial charge in [0.2, 0.25) is 14.2 Å². The molecule has 1 radical (unpaired) electrons. The summed E-state index contributed by atoms with van der Waals surface area (Å²) in [6, 6.07) is 2.21. The molecule has 32 heavy (non-hydrogen) atoms. The van der Waals surface area contributed by atoms with Crippen LogP contribution < -0.4 is 4.74 Å². The molecule has 0 unspecified atom stereocenters. The van der Waals surface area contributed by atoms with Crippen molar-refractivity contribution in [3.8, 4) is 5.75 Å². The Kier molecular flexibility index (Phi) is 6.35. The van der Waals surface area contributed by atoms with Crippen LogP contribution in [0.15, 0.2) is 40.1 Å². The van der Waals surface area contributed by atoms with E-state index in [1.807, 2.05) is 31.5 Å². The summed E-state index contributed by atoms with van der Waals surface area (Å²) in [5.41, 5.74) is -0.314. The Hall–Kier alpha value is -1.97. The summed E-state index contributed by atoms with van der Waals surface area (Å²) < 4.78 is 48.9. The lowest BCUT2D eigenvalue weighted by molar-refractivity contribution is 0.0974. The fourth-order valence-electron chi connectivity index (χ4n) is 3.75. The van der Waals surface area contributed by atoms with E-state index in [9.17, 15) is 8.42 Å². The zero-order valence-corrected chi connectivity index (χ0v) is 20.4. The van der Waals surface area contributed by atoms with E-state index in [1.165, 1.54) is 0 Å². The van der Waals surface area contributed by atoms with Crippen molar-refractivity contribution in [3.63, 3.8) is 0 Å². The minimum absolute atomic E-state index is 0.0384. The summed E-state index contributed by atoms with van der Waals surface area (Å²) in [5.74, 6) is -0.798. The van der Waals surface area contributed by atoms with Crippen LogP contribution in [-0.2, 0) is 15.3 Å². The number of thiazole rings is 1. The van der Waals surface area contributed by atoms with Gasteiger partial charge in [-0.15, -0.1) is 11.3 Å². The summed E-state index contributed by atoms with van der Waals surface area (Å²) in [6.07, 6.45) is 11.6. The van der Waals surface area contributed by atoms with Crippen LogP contribution in [0.25, 0.3) is 0 Å². The Morgan fingerprint density at radius 3 is 2.69 bits per heavy atom. The Morgan fingerprint density at radius 1 is 1.28 bits per heavy atom. The van der Waals surface area contributed by atoms with E-state index in [1.54, 1.807) is 12.5 Å². The molecule has 171 valence electrons. The van der Waals surface area contributed by atoms with Gasteiger partial charge in [-0.2, -0.15) is 0 Å². The predicted molar refractivity (Wildman–Crippen MR) is 121 cm³/mol. The van der Waals surface area contributed by atoms with Crippen molar-refractivity contribution in [2.24, 2.45) is 0 Å². The average Bonchev–Trinajstić information content (AvgIpc) is 3.43. The van der Waals surface area contributed by atoms with Crippen LogP contribution in [0, 0.1) is 12.0 Å². The number of imidazole rings is 1. The maximum absolute atomic E-state index is 15.0. The standard InChI is InChI=1S/C22H24ClFN3O3S2/c1-22(2,3)20-12-26-21(31-20)32(28,29)19-10-14(23)18(11-15(19)24)30-17-7-5-4-6-16(17)27-9-8-25-13-27/h8-11,13,16-17H,4-7H2,1-3H3/t16-,17+/m1/s1. The molecule has 0 N–H and O–H groups in total. The van der Waals surface area contributed by atoms with Crippen molar-refractivity contribution < 1.29 is 17.5 Å². The molecule has 2 atom stereocenters. The number of sulfone groups is 1. The van der Waals surface area contributed by atoms with Crippen molar-refractivity contribution in [1.29, 1.82) is 0 Å². The van der Waals surface area contributed by atoms with Crippen LogP contribution in [0.4, 0.5) is 4.39 Å². The van der Waals surface area contributed by atoms with Crippen molar-refractivity contribution in [1.82, 2.24) is 14.5 Å². The molecule has 0 bridgehead atoms. The van der Waals surface area contributed by atoms with E-state index in [-0.39, 0.29) is 32.7 Å². The van der Waals surface area contributed by atoms with Gasteiger partial charge in [0.15, 0.2) is 0 Å². The Balaban J connectivity index is 1.63. The Morgan fingerprint density at radius 2 is 2.03 bits per heavy atom. The molecule has 0 spiro atoms. The van der Waals surface area contributed by atoms with Gasteiger partial charge in [-0.3, -0.25) is 0 Å². The van der Waals surface area contributed by atoms with E-state index < -0.39 is 20.5 Å². The zero-order valence-electron chi connectivity index (χ0n) is 18.0. The predicted octanol–water partition coefficient (Wildman–Crippen LogP) is 5.63. The van der Waals surface area contributed by atoms with Crippen LogP contribution in [-0.4, -0.2) is 29.1 Å². The second-order valence-electron chi connectivity index (χ2n) is 8.91. The molecule has 1 fully saturated rings. The fourth-order valence-corrected chi connectivity index (χ4v) is 6.59. The van der Waals surface area contributed by atoms with Gasteiger partial charge >= 0.3 is 0 Å². The summed E-state index contributed by atoms with van der Waals surface area (Å²) >= 11 is 7.35. The van der Waals surface area contributed by atoms with Crippen LogP contribution in [0.2, 0.25) is 5.02 Å². The van der Waals surface area contributed by atoms with Gasteiger partial charge < -0.3 is 9.30 Å². The number of hydrogen-bond acceptors (Lipinski definition) is 6. The quantitative estimate of drug-likeness (QED) is 0.458. The molecule has 10 heteroatoms. The number of hydrogen-bond donors (Lipinski definition) is 0. The minimum Gasteiger partial charge on any atom is -0.487 e. The lowest BCUT2D eigenvalue weighted by atomic mass is 9.92. The molecule has 3 aromatic rings. The van der Waals surface area contributed by atoms with E-state index >= 15 is 4.39 Å². The molecule has 6 nitrogen and oxygen atoms in total. The average molecular weight is 497 g/mol. The zero-order chi connectivity index (χ0) is 23.1. The number of ether oxygens (including phenoxy) is 1. The topological polar surface area (TPSA) is 74.1 Å². The highest BCUT2D eigenvalue weighted by Crippen LogP contribution is 2.38. The van der Waals surface area contributed by atoms with Gasteiger partial charge in [-0.25, -0.2) is 22.8 Å². The molecular weight excluding hydrogens is 473 g/mol. The fraction of sp³-hybridized carbons (Fsp3) is 0.455. The first-order valence-electron chi connectivity index (χ1n) is 10.3. The first-order chi connectivity index (χ1) is 15.1. The van der Waals surface area contributed by atoms with Crippen LogP contribution in [0.1, 0.15) is 57.4 Å². The van der Waals surface area contributed by atoms with Crippen molar-refractivity contribution in [2.75, 3.05) is 0 Å². The van der Waals surface area contributed by atoms with Gasteiger partial charge in [-0.1, -0.05) is 38.8 Å². The number of nitrogens with zero attached hydrogens (tertiary/aromatic N) is 3. The van der Waals surface area contributed by atoms with E-state index in [4.69, 9.17) is 16.3 Å². The summed E-state index contributed by atoms with van der Waals surface area (Å²) in [5, 5.41) is 0.0384. The second kappa shape index (κ2) is 8.76. The number of halogens is 2. The Bertz CT molecular complexity index is 1200. The molecule has 1 aliphatic carbocycles. The SMILES string of the molecule is CC(C)(C)c1[c]nc(S(=O)(=O)c2cc(Cl)c(O[C@H]3CCCC[C@H]3n3ccnc3)cc2F)s1. The third-order valence-electron chi connectivity index (χ3n) is 5.48. The number of rotatable bonds is 5. The molecule has 0 amide bonds. The van der Waals surface area contributed by atoms with E-state index in [2.05, 4.69) is 16.2 Å². The lowest BCUT2D eigenvalue weighted by Crippen LogP contribution is -2.32. The van der Waals surface area contributed by atoms with Gasteiger partial charge in [0.05, 0.1) is 17.4 Å². The van der Waals surface area contributed by atoms with E-state index in [0.29, 0.717) is 4.88 Å². The molecule has 1 aliphatic rings. The highest BCUT2D eigenvalue weighted by molar-refractivity contribution is 7.93. The van der Waals surface area contributed by atoms with Gasteiger partial charge in [0, 0.05) is 23.3 Å². The molecule has 1 aromatic carbocycles. The maximum atomic E-state index is 15.0. The third kappa shape index (κ3) is 4.56. The highest BCUT2D eigenvalue weighted by atomic mass is 35.5. The van der Waals surface area contributed by atoms with Crippen molar-refractivity contribution in [3.05, 3.63) is 52.8 Å². The van der Waals surface area contributed by atoms with Gasteiger partial charge in [-0.05, 0) is 30.7 Å². The van der Waals surface area contributed by atoms with Crippen molar-refractivity contribution >= 4 is 32.8 Å².